The molecule has 3 saturated carbocycles. The van der Waals surface area contributed by atoms with Crippen LogP contribution >= 0.6 is 23.2 Å². The molecule has 1 N–H and O–H groups in total. The fourth-order valence-electron chi connectivity index (χ4n) is 10.9. The highest BCUT2D eigenvalue weighted by Gasteiger charge is 2.58. The van der Waals surface area contributed by atoms with Gasteiger partial charge in [-0.05, 0) is 82.1 Å². The van der Waals surface area contributed by atoms with Crippen LogP contribution in [0.4, 0.5) is 4.39 Å². The van der Waals surface area contributed by atoms with E-state index in [4.69, 9.17) is 28.2 Å². The summed E-state index contributed by atoms with van der Waals surface area (Å²) >= 11 is 13.2. The number of nitriles is 1. The summed E-state index contributed by atoms with van der Waals surface area (Å²) in [7, 11) is 0. The van der Waals surface area contributed by atoms with Crippen molar-refractivity contribution in [2.24, 2.45) is 17.8 Å². The van der Waals surface area contributed by atoms with Crippen LogP contribution in [0.5, 0.6) is 0 Å². The number of rotatable bonds is 6. The average molecular weight is 754 g/mol. The molecule has 0 spiro atoms. The van der Waals surface area contributed by atoms with Gasteiger partial charge in [-0.3, -0.25) is 9.59 Å². The van der Waals surface area contributed by atoms with E-state index in [-0.39, 0.29) is 63.9 Å². The minimum absolute atomic E-state index is 0.0135. The van der Waals surface area contributed by atoms with E-state index in [2.05, 4.69) is 31.8 Å². The van der Waals surface area contributed by atoms with Crippen LogP contribution in [0, 0.1) is 41.8 Å². The van der Waals surface area contributed by atoms with E-state index in [9.17, 15) is 14.9 Å². The summed E-state index contributed by atoms with van der Waals surface area (Å²) < 4.78 is 19.7. The first kappa shape index (κ1) is 33.8. The van der Waals surface area contributed by atoms with Gasteiger partial charge < -0.3 is 19.7 Å². The van der Waals surface area contributed by atoms with Crippen molar-refractivity contribution in [3.63, 3.8) is 0 Å². The number of piperidine rings is 1. The van der Waals surface area contributed by atoms with Crippen LogP contribution in [0.25, 0.3) is 32.9 Å². The van der Waals surface area contributed by atoms with Crippen molar-refractivity contribution < 1.29 is 14.0 Å². The van der Waals surface area contributed by atoms with Crippen molar-refractivity contribution in [1.29, 1.82) is 5.26 Å². The highest BCUT2D eigenvalue weighted by atomic mass is 35.5. The minimum atomic E-state index is -0.663. The molecule has 274 valence electrons. The second kappa shape index (κ2) is 12.4. The molecule has 1 unspecified atom stereocenters. The number of hydrogen-bond acceptors (Lipinski definition) is 5. The number of aryl methyl sites for hydroxylation is 1. The van der Waals surface area contributed by atoms with E-state index in [1.54, 1.807) is 25.1 Å². The van der Waals surface area contributed by atoms with E-state index in [1.165, 1.54) is 6.42 Å². The predicted molar refractivity (Wildman–Crippen MR) is 203 cm³/mol. The molecular weight excluding hydrogens is 710 g/mol. The fourth-order valence-corrected chi connectivity index (χ4v) is 11.3. The second-order valence-electron chi connectivity index (χ2n) is 16.6. The highest BCUT2D eigenvalue weighted by molar-refractivity contribution is 6.43. The molecule has 4 saturated heterocycles. The van der Waals surface area contributed by atoms with Gasteiger partial charge in [0.05, 0.1) is 51.6 Å². The number of nitrogens with one attached hydrogen (secondary N) is 1. The molecule has 7 fully saturated rings. The maximum atomic E-state index is 17.3. The number of fused-ring (bicyclic) bond motifs is 6. The standard InChI is InChI=1S/C42H43Cl2FN6O2/c1-20(17-46)27-15-29-37(36(45)34(27)26-9-6-10-31(43)35(26)44)48-21(2)28-16-33(51(39(28)29)38-23-13-32(38)47-18-23)40-30-14-25(50(40)41(52)22-11-12-22)19-49(42(30)53)24-7-4-3-5-8-24/h6,9-10,15-16,20,22-25,30,32,38,40,47H,3-5,7-8,11-14,18-19H2,1-2H3/t20?,23-,25-,30-,32-,38+,40-/m1/s1. The monoisotopic (exact) mass is 752 g/mol. The number of aromatic nitrogens is 2. The third-order valence-corrected chi connectivity index (χ3v) is 14.5. The Morgan fingerprint density at radius 3 is 2.57 bits per heavy atom. The first-order valence-electron chi connectivity index (χ1n) is 19.5. The quantitative estimate of drug-likeness (QED) is 0.213. The van der Waals surface area contributed by atoms with Crippen LogP contribution in [-0.2, 0) is 9.59 Å². The Bertz CT molecular complexity index is 2260. The molecule has 3 aliphatic carbocycles. The normalized spacial score (nSPS) is 28.9. The third kappa shape index (κ3) is 4.97. The number of carbonyl (C=O) groups excluding carboxylic acids is 2. The van der Waals surface area contributed by atoms with Crippen molar-refractivity contribution >= 4 is 56.8 Å². The molecule has 2 amide bonds. The lowest BCUT2D eigenvalue weighted by Gasteiger charge is -2.40. The van der Waals surface area contributed by atoms with Gasteiger partial charge in [-0.2, -0.15) is 5.26 Å². The van der Waals surface area contributed by atoms with E-state index in [0.717, 1.165) is 68.1 Å². The number of pyridine rings is 1. The summed E-state index contributed by atoms with van der Waals surface area (Å²) in [4.78, 5) is 38.3. The van der Waals surface area contributed by atoms with Gasteiger partial charge >= 0.3 is 0 Å². The fraction of sp³-hybridized carbons (Fsp3) is 0.524. The van der Waals surface area contributed by atoms with Gasteiger partial charge in [-0.15, -0.1) is 0 Å². The zero-order valence-electron chi connectivity index (χ0n) is 30.0. The van der Waals surface area contributed by atoms with Gasteiger partial charge in [0.15, 0.2) is 5.82 Å². The highest BCUT2D eigenvalue weighted by Crippen LogP contribution is 2.54. The van der Waals surface area contributed by atoms with Crippen LogP contribution in [0.15, 0.2) is 30.3 Å². The maximum Gasteiger partial charge on any atom is 0.228 e. The SMILES string of the molecule is Cc1nc2c(F)c(-c3cccc(Cl)c3Cl)c(C(C)C#N)cc2c2c1cc([C@H]1[C@H]3C[C@H](CN(C4CCCCC4)C3=O)N1C(=O)C1CC1)n2[C@H]1[C@H]2CN[C@@H]1C2. The molecule has 4 bridgehead atoms. The molecule has 2 aromatic carbocycles. The van der Waals surface area contributed by atoms with Crippen LogP contribution in [-0.4, -0.2) is 62.4 Å². The van der Waals surface area contributed by atoms with Crippen molar-refractivity contribution in [3.8, 4) is 17.2 Å². The number of amides is 2. The number of hydrogen-bond donors (Lipinski definition) is 1. The Labute approximate surface area is 318 Å². The van der Waals surface area contributed by atoms with Gasteiger partial charge in [0, 0.05) is 64.4 Å². The van der Waals surface area contributed by atoms with E-state index in [1.807, 2.05) is 13.0 Å². The van der Waals surface area contributed by atoms with Crippen LogP contribution in [0.2, 0.25) is 10.0 Å². The second-order valence-corrected chi connectivity index (χ2v) is 17.4. The van der Waals surface area contributed by atoms with Crippen molar-refractivity contribution in [2.45, 2.75) is 108 Å². The molecule has 0 radical (unpaired) electrons. The summed E-state index contributed by atoms with van der Waals surface area (Å²) in [5.74, 6) is -0.815. The molecule has 4 aromatic rings. The summed E-state index contributed by atoms with van der Waals surface area (Å²) in [5, 5.41) is 16.0. The third-order valence-electron chi connectivity index (χ3n) is 13.6. The largest absolute Gasteiger partial charge is 0.337 e. The molecule has 7 atom stereocenters. The summed E-state index contributed by atoms with van der Waals surface area (Å²) in [5.41, 5.74) is 3.85. The Hall–Kier alpha value is -3.71. The topological polar surface area (TPSA) is 94.3 Å². The summed E-state index contributed by atoms with van der Waals surface area (Å²) in [6, 6.07) is 11.7. The molecule has 53 heavy (non-hydrogen) atoms. The zero-order valence-corrected chi connectivity index (χ0v) is 31.6. The van der Waals surface area contributed by atoms with Crippen LogP contribution < -0.4 is 5.32 Å². The Kier molecular flexibility index (Phi) is 7.92. The predicted octanol–water partition coefficient (Wildman–Crippen LogP) is 8.61. The number of likely N-dealkylation sites (tertiary alicyclic amines) is 2. The smallest absolute Gasteiger partial charge is 0.228 e. The van der Waals surface area contributed by atoms with Gasteiger partial charge in [-0.1, -0.05) is 54.6 Å². The van der Waals surface area contributed by atoms with E-state index >= 15 is 4.39 Å². The van der Waals surface area contributed by atoms with Crippen LogP contribution in [0.3, 0.4) is 0 Å². The summed E-state index contributed by atoms with van der Waals surface area (Å²) in [6.45, 7) is 5.17. The first-order valence-corrected chi connectivity index (χ1v) is 20.3. The van der Waals surface area contributed by atoms with Gasteiger partial charge in [0.1, 0.15) is 5.52 Å². The van der Waals surface area contributed by atoms with Crippen molar-refractivity contribution in [2.75, 3.05) is 13.1 Å². The van der Waals surface area contributed by atoms with Crippen molar-refractivity contribution in [1.82, 2.24) is 24.7 Å². The molecule has 11 rings (SSSR count). The molecule has 2 aromatic heterocycles. The molecule has 11 heteroatoms. The Balaban J connectivity index is 1.23. The molecule has 7 aliphatic rings. The van der Waals surface area contributed by atoms with Crippen LogP contribution in [0.1, 0.15) is 99.7 Å². The lowest BCUT2D eigenvalue weighted by atomic mass is 9.79. The first-order chi connectivity index (χ1) is 25.7. The zero-order chi connectivity index (χ0) is 36.4. The number of benzene rings is 2. The van der Waals surface area contributed by atoms with Gasteiger partial charge in [-0.25, -0.2) is 9.37 Å². The van der Waals surface area contributed by atoms with Gasteiger partial charge in [0.2, 0.25) is 11.8 Å². The molecule has 4 aliphatic heterocycles. The average Bonchev–Trinajstić information content (AvgIpc) is 3.43. The Morgan fingerprint density at radius 2 is 1.87 bits per heavy atom. The number of nitrogens with zero attached hydrogens (tertiary/aromatic N) is 5. The maximum absolute atomic E-state index is 17.3. The molecule has 6 heterocycles. The van der Waals surface area contributed by atoms with Crippen molar-refractivity contribution in [3.05, 3.63) is 63.1 Å². The molecule has 8 nitrogen and oxygen atoms in total. The lowest BCUT2D eigenvalue weighted by molar-refractivity contribution is -0.141. The molecular formula is C42H43Cl2FN6O2. The summed E-state index contributed by atoms with van der Waals surface area (Å²) in [6.07, 6.45) is 9.04. The van der Waals surface area contributed by atoms with E-state index in [0.29, 0.717) is 46.1 Å². The lowest BCUT2D eigenvalue weighted by Crippen LogP contribution is -2.51. The Morgan fingerprint density at radius 1 is 1.08 bits per heavy atom. The number of carbonyl (C=O) groups is 2. The van der Waals surface area contributed by atoms with E-state index < -0.39 is 17.8 Å². The van der Waals surface area contributed by atoms with Gasteiger partial charge in [0.25, 0.3) is 0 Å². The minimum Gasteiger partial charge on any atom is -0.337 e. The number of halogens is 3.